The van der Waals surface area contributed by atoms with E-state index in [1.807, 2.05) is 41.7 Å². The van der Waals surface area contributed by atoms with Crippen LogP contribution in [0.2, 0.25) is 0 Å². The van der Waals surface area contributed by atoms with Crippen LogP contribution in [0.5, 0.6) is 0 Å². The lowest BCUT2D eigenvalue weighted by Gasteiger charge is -2.40. The lowest BCUT2D eigenvalue weighted by Crippen LogP contribution is -2.46. The number of hydrogen-bond donors (Lipinski definition) is 2. The lowest BCUT2D eigenvalue weighted by atomic mass is 9.74. The van der Waals surface area contributed by atoms with Crippen LogP contribution in [0.4, 0.5) is 5.69 Å². The number of benzene rings is 4. The fourth-order valence-electron chi connectivity index (χ4n) is 10.3. The van der Waals surface area contributed by atoms with Gasteiger partial charge in [-0.25, -0.2) is 17.7 Å². The van der Waals surface area contributed by atoms with Gasteiger partial charge in [-0.1, -0.05) is 30.3 Å². The topological polar surface area (TPSA) is 107 Å². The molecule has 0 bridgehead atoms. The Morgan fingerprint density at radius 1 is 0.800 bits per heavy atom. The first kappa shape index (κ1) is 36.2. The summed E-state index contributed by atoms with van der Waals surface area (Å²) in [5.74, 6) is 1.12. The van der Waals surface area contributed by atoms with Crippen molar-refractivity contribution < 1.29 is 21.4 Å². The zero-order chi connectivity index (χ0) is 37.5. The quantitative estimate of drug-likeness (QED) is 0.167. The summed E-state index contributed by atoms with van der Waals surface area (Å²) < 4.78 is 70.9. The first-order valence-corrected chi connectivity index (χ1v) is 24.9. The van der Waals surface area contributed by atoms with Crippen molar-refractivity contribution in [3.05, 3.63) is 121 Å². The van der Waals surface area contributed by atoms with Crippen molar-refractivity contribution in [1.29, 1.82) is 0 Å². The van der Waals surface area contributed by atoms with E-state index in [9.17, 15) is 21.4 Å². The number of nitrogens with one attached hydrogen (secondary N) is 1. The smallest absolute Gasteiger partial charge is 0.295 e. The second-order valence-corrected chi connectivity index (χ2v) is 21.8. The van der Waals surface area contributed by atoms with E-state index in [0.717, 1.165) is 129 Å². The molecule has 1 fully saturated rings. The second kappa shape index (κ2) is 14.1. The maximum Gasteiger partial charge on any atom is 0.295 e. The van der Waals surface area contributed by atoms with Gasteiger partial charge in [0.05, 0.1) is 4.90 Å². The Labute approximate surface area is 332 Å². The number of sulfonamides is 1. The maximum absolute atomic E-state index is 13.9. The van der Waals surface area contributed by atoms with Crippen LogP contribution in [0.15, 0.2) is 64.4 Å². The van der Waals surface area contributed by atoms with Crippen molar-refractivity contribution in [3.63, 3.8) is 0 Å². The number of rotatable bonds is 8. The molecule has 2 N–H and O–H groups in total. The summed E-state index contributed by atoms with van der Waals surface area (Å²) in [6, 6.07) is 16.9. The zero-order valence-corrected chi connectivity index (χ0v) is 34.2. The molecule has 286 valence electrons. The van der Waals surface area contributed by atoms with Gasteiger partial charge in [0, 0.05) is 70.9 Å². The summed E-state index contributed by atoms with van der Waals surface area (Å²) in [4.78, 5) is 1.98. The normalized spacial score (nSPS) is 20.2. The summed E-state index contributed by atoms with van der Waals surface area (Å²) >= 11 is 3.91. The highest BCUT2D eigenvalue weighted by Gasteiger charge is 2.36. The summed E-state index contributed by atoms with van der Waals surface area (Å²) in [5.41, 5.74) is 13.4. The van der Waals surface area contributed by atoms with Gasteiger partial charge in [0.2, 0.25) is 15.4 Å². The first-order valence-electron chi connectivity index (χ1n) is 19.7. The standard InChI is InChI=1S/C43H45N3O5S4/c47-54(48,44-24-28-7-1-6-27(18-28)19-31-25-52-26-53-31)32-12-13-35(40(22-32)55(49,50)51)41-38-20-29-8-2-14-45-16-4-10-33(42(29)45)36(38)23-37-34-11-5-17-46-15-3-9-30(43(34)46)21-39(37)41/h1,6-7,12-13,18,20-22,31,44H,2-5,8-11,14-17,19,23-26H2/p+1. The third-order valence-corrected chi connectivity index (χ3v) is 17.8. The molecule has 5 heterocycles. The van der Waals surface area contributed by atoms with Gasteiger partial charge in [-0.15, -0.1) is 23.5 Å². The van der Waals surface area contributed by atoms with Crippen LogP contribution in [-0.4, -0.2) is 63.7 Å². The third kappa shape index (κ3) is 6.49. The maximum atomic E-state index is 13.9. The van der Waals surface area contributed by atoms with Crippen molar-refractivity contribution in [3.8, 4) is 0 Å². The van der Waals surface area contributed by atoms with Gasteiger partial charge in [0.15, 0.2) is 0 Å². The largest absolute Gasteiger partial charge is 0.371 e. The molecular formula is C43H46N3O5S4+. The van der Waals surface area contributed by atoms with Crippen LogP contribution >= 0.6 is 23.5 Å². The average Bonchev–Trinajstić information content (AvgIpc) is 3.70. The van der Waals surface area contributed by atoms with Crippen LogP contribution in [-0.2, 0) is 65.2 Å². The number of hydrogen-bond acceptors (Lipinski definition) is 7. The molecule has 0 aromatic heterocycles. The Hall–Kier alpha value is -3.13. The summed E-state index contributed by atoms with van der Waals surface area (Å²) in [6.45, 7) is 4.29. The van der Waals surface area contributed by atoms with E-state index in [4.69, 9.17) is 0 Å². The third-order valence-electron chi connectivity index (χ3n) is 12.6. The number of fused-ring (bicyclic) bond motifs is 4. The van der Waals surface area contributed by atoms with Crippen LogP contribution in [0, 0.1) is 0 Å². The van der Waals surface area contributed by atoms with Crippen molar-refractivity contribution in [2.24, 2.45) is 0 Å². The van der Waals surface area contributed by atoms with E-state index < -0.39 is 20.1 Å². The Bertz CT molecular complexity index is 2630. The van der Waals surface area contributed by atoms with Crippen LogP contribution in [0.25, 0.3) is 5.57 Å². The Balaban J connectivity index is 1.12. The number of nitrogens with zero attached hydrogens (tertiary/aromatic N) is 2. The molecule has 55 heavy (non-hydrogen) atoms. The van der Waals surface area contributed by atoms with E-state index in [0.29, 0.717) is 10.8 Å². The summed E-state index contributed by atoms with van der Waals surface area (Å²) in [6.07, 6.45) is 9.92. The van der Waals surface area contributed by atoms with Crippen LogP contribution < -0.4 is 24.8 Å². The highest BCUT2D eigenvalue weighted by molar-refractivity contribution is 8.19. The monoisotopic (exact) mass is 812 g/mol. The van der Waals surface area contributed by atoms with Gasteiger partial charge >= 0.3 is 0 Å². The fraction of sp³-hybridized carbons (Fsp3) is 0.419. The Morgan fingerprint density at radius 2 is 1.58 bits per heavy atom. The Kier molecular flexibility index (Phi) is 9.26. The molecule has 1 atom stereocenters. The van der Waals surface area contributed by atoms with E-state index >= 15 is 0 Å². The molecule has 0 saturated carbocycles. The van der Waals surface area contributed by atoms with Gasteiger partial charge in [0.1, 0.15) is 18.0 Å². The average molecular weight is 813 g/mol. The molecule has 8 nitrogen and oxygen atoms in total. The minimum atomic E-state index is -4.85. The highest BCUT2D eigenvalue weighted by atomic mass is 32.2. The van der Waals surface area contributed by atoms with Gasteiger partial charge in [-0.3, -0.25) is 4.55 Å². The lowest BCUT2D eigenvalue weighted by molar-refractivity contribution is 0.478. The molecule has 0 radical (unpaired) electrons. The number of anilines is 1. The van der Waals surface area contributed by atoms with Gasteiger partial charge < -0.3 is 4.90 Å². The van der Waals surface area contributed by atoms with Gasteiger partial charge in [0.25, 0.3) is 10.1 Å². The summed E-state index contributed by atoms with van der Waals surface area (Å²) in [5, 5.41) is 4.06. The fourth-order valence-corrected chi connectivity index (χ4v) is 15.0. The first-order chi connectivity index (χ1) is 26.6. The molecule has 1 saturated heterocycles. The Morgan fingerprint density at radius 3 is 2.40 bits per heavy atom. The molecule has 5 aliphatic heterocycles. The predicted octanol–water partition coefficient (Wildman–Crippen LogP) is 4.99. The molecule has 4 aromatic rings. The molecule has 0 spiro atoms. The van der Waals surface area contributed by atoms with Gasteiger partial charge in [-0.2, -0.15) is 8.42 Å². The van der Waals surface area contributed by atoms with Gasteiger partial charge in [-0.05, 0) is 125 Å². The second-order valence-electron chi connectivity index (χ2n) is 16.0. The minimum Gasteiger partial charge on any atom is -0.371 e. The number of aryl methyl sites for hydroxylation is 2. The van der Waals surface area contributed by atoms with Crippen molar-refractivity contribution >= 4 is 54.9 Å². The van der Waals surface area contributed by atoms with Crippen molar-refractivity contribution in [2.45, 2.75) is 85.8 Å². The molecule has 4 aromatic carbocycles. The molecule has 1 aliphatic carbocycles. The predicted molar refractivity (Wildman–Crippen MR) is 222 cm³/mol. The molecule has 0 amide bonds. The minimum absolute atomic E-state index is 0.0691. The molecule has 1 unspecified atom stereocenters. The molecular weight excluding hydrogens is 767 g/mol. The van der Waals surface area contributed by atoms with Crippen LogP contribution in [0.3, 0.4) is 0 Å². The van der Waals surface area contributed by atoms with E-state index in [1.165, 1.54) is 56.1 Å². The number of thioether (sulfide) groups is 2. The van der Waals surface area contributed by atoms with Crippen molar-refractivity contribution in [1.82, 2.24) is 9.30 Å². The SMILES string of the molecule is O=S(=O)(O)c1cc(S(=O)(=O)NCc2cccc(CC3CSCS3)c2)ccc1C1=c2cc3c4c(c2Cc2c1cc1c5c2CCCN5CCC1)CCC[N+]=4CCC3. The van der Waals surface area contributed by atoms with E-state index in [2.05, 4.69) is 32.4 Å². The zero-order valence-electron chi connectivity index (χ0n) is 30.9. The van der Waals surface area contributed by atoms with Crippen LogP contribution in [0.1, 0.15) is 81.3 Å². The molecule has 10 rings (SSSR count). The summed E-state index contributed by atoms with van der Waals surface area (Å²) in [7, 11) is -8.99. The van der Waals surface area contributed by atoms with E-state index in [-0.39, 0.29) is 16.3 Å². The van der Waals surface area contributed by atoms with E-state index in [1.54, 1.807) is 6.07 Å². The molecule has 12 heteroatoms. The highest BCUT2D eigenvalue weighted by Crippen LogP contribution is 2.44. The molecule has 6 aliphatic rings. The van der Waals surface area contributed by atoms with Crippen molar-refractivity contribution in [2.75, 3.05) is 41.9 Å².